The first-order valence-electron chi connectivity index (χ1n) is 4.28. The van der Waals surface area contributed by atoms with Crippen molar-refractivity contribution < 1.29 is 9.31 Å². The van der Waals surface area contributed by atoms with Crippen LogP contribution in [0.25, 0.3) is 0 Å². The molecule has 4 nitrogen and oxygen atoms in total. The lowest BCUT2D eigenvalue weighted by Crippen LogP contribution is -2.02. The van der Waals surface area contributed by atoms with Crippen molar-refractivity contribution in [3.63, 3.8) is 0 Å². The van der Waals surface area contributed by atoms with Gasteiger partial charge in [0.15, 0.2) is 0 Å². The van der Waals surface area contributed by atoms with Gasteiger partial charge in [0, 0.05) is 11.6 Å². The number of nitrogens with zero attached hydrogens (tertiary/aromatic N) is 1. The van der Waals surface area contributed by atoms with Crippen molar-refractivity contribution >= 4 is 5.69 Å². The molecule has 0 aliphatic rings. The van der Waals surface area contributed by atoms with E-state index < -0.39 is 10.7 Å². The molecule has 1 rings (SSSR count). The van der Waals surface area contributed by atoms with Crippen LogP contribution >= 0.6 is 0 Å². The molecule has 1 aromatic carbocycles. The van der Waals surface area contributed by atoms with E-state index in [0.717, 1.165) is 6.07 Å². The Bertz CT molecular complexity index is 342. The summed E-state index contributed by atoms with van der Waals surface area (Å²) in [6.07, 6.45) is 1.05. The van der Waals surface area contributed by atoms with Crippen LogP contribution in [-0.2, 0) is 6.42 Å². The summed E-state index contributed by atoms with van der Waals surface area (Å²) in [5.74, 6) is -0.456. The summed E-state index contributed by atoms with van der Waals surface area (Å²) in [6.45, 7) is 0.438. The molecule has 0 heterocycles. The lowest BCUT2D eigenvalue weighted by molar-refractivity contribution is -0.385. The van der Waals surface area contributed by atoms with Crippen molar-refractivity contribution in [1.29, 1.82) is 0 Å². The van der Waals surface area contributed by atoms with Gasteiger partial charge in [-0.1, -0.05) is 0 Å². The first-order valence-corrected chi connectivity index (χ1v) is 4.28. The third-order valence-corrected chi connectivity index (χ3v) is 1.89. The maximum atomic E-state index is 12.8. The topological polar surface area (TPSA) is 69.2 Å². The molecular weight excluding hydrogens is 187 g/mol. The number of benzene rings is 1. The third-order valence-electron chi connectivity index (χ3n) is 1.89. The van der Waals surface area contributed by atoms with Gasteiger partial charge >= 0.3 is 0 Å². The van der Waals surface area contributed by atoms with Crippen LogP contribution in [0.2, 0.25) is 0 Å². The van der Waals surface area contributed by atoms with E-state index in [9.17, 15) is 14.5 Å². The van der Waals surface area contributed by atoms with Crippen LogP contribution in [0.15, 0.2) is 18.2 Å². The molecule has 0 saturated heterocycles. The highest BCUT2D eigenvalue weighted by atomic mass is 19.1. The van der Waals surface area contributed by atoms with Gasteiger partial charge in [-0.15, -0.1) is 0 Å². The molecular formula is C9H11FN2O2. The van der Waals surface area contributed by atoms with E-state index in [1.807, 2.05) is 0 Å². The van der Waals surface area contributed by atoms with E-state index in [4.69, 9.17) is 5.73 Å². The Balaban J connectivity index is 2.97. The Morgan fingerprint density at radius 1 is 1.50 bits per heavy atom. The number of hydrogen-bond acceptors (Lipinski definition) is 3. The Kier molecular flexibility index (Phi) is 3.53. The van der Waals surface area contributed by atoms with Crippen molar-refractivity contribution in [1.82, 2.24) is 0 Å². The number of rotatable bonds is 4. The zero-order valence-corrected chi connectivity index (χ0v) is 7.57. The van der Waals surface area contributed by atoms with Crippen molar-refractivity contribution in [2.24, 2.45) is 5.73 Å². The van der Waals surface area contributed by atoms with Gasteiger partial charge in [-0.2, -0.15) is 0 Å². The zero-order chi connectivity index (χ0) is 10.6. The highest BCUT2D eigenvalue weighted by Crippen LogP contribution is 2.20. The van der Waals surface area contributed by atoms with E-state index >= 15 is 0 Å². The van der Waals surface area contributed by atoms with Crippen LogP contribution in [0.1, 0.15) is 12.0 Å². The second-order valence-electron chi connectivity index (χ2n) is 2.92. The quantitative estimate of drug-likeness (QED) is 0.590. The summed E-state index contributed by atoms with van der Waals surface area (Å²) in [4.78, 5) is 10.0. The molecule has 0 aliphatic carbocycles. The zero-order valence-electron chi connectivity index (χ0n) is 7.57. The van der Waals surface area contributed by atoms with Gasteiger partial charge in [0.1, 0.15) is 5.82 Å². The van der Waals surface area contributed by atoms with Gasteiger partial charge < -0.3 is 5.73 Å². The predicted molar refractivity (Wildman–Crippen MR) is 50.4 cm³/mol. The Hall–Kier alpha value is -1.49. The average Bonchev–Trinajstić information content (AvgIpc) is 2.14. The summed E-state index contributed by atoms with van der Waals surface area (Å²) in [6, 6.07) is 3.46. The number of nitro benzene ring substituents is 1. The van der Waals surface area contributed by atoms with Gasteiger partial charge in [0.25, 0.3) is 5.69 Å². The number of nitrogens with two attached hydrogens (primary N) is 1. The molecule has 0 amide bonds. The number of nitro groups is 1. The molecule has 0 unspecified atom stereocenters. The molecule has 5 heteroatoms. The molecule has 0 atom stereocenters. The third kappa shape index (κ3) is 2.50. The van der Waals surface area contributed by atoms with Crippen molar-refractivity contribution in [3.05, 3.63) is 39.7 Å². The van der Waals surface area contributed by atoms with Crippen molar-refractivity contribution in [3.8, 4) is 0 Å². The number of aryl methyl sites for hydroxylation is 1. The van der Waals surface area contributed by atoms with Crippen LogP contribution in [0.3, 0.4) is 0 Å². The smallest absolute Gasteiger partial charge is 0.272 e. The fourth-order valence-electron chi connectivity index (χ4n) is 1.22. The van der Waals surface area contributed by atoms with Crippen LogP contribution in [-0.4, -0.2) is 11.5 Å². The Morgan fingerprint density at radius 2 is 2.21 bits per heavy atom. The molecule has 0 saturated carbocycles. The van der Waals surface area contributed by atoms with Gasteiger partial charge in [0.2, 0.25) is 0 Å². The fourth-order valence-corrected chi connectivity index (χ4v) is 1.22. The minimum Gasteiger partial charge on any atom is -0.330 e. The molecule has 76 valence electrons. The summed E-state index contributed by atoms with van der Waals surface area (Å²) in [7, 11) is 0. The second kappa shape index (κ2) is 4.66. The molecule has 0 aromatic heterocycles. The summed E-state index contributed by atoms with van der Waals surface area (Å²) < 4.78 is 12.8. The summed E-state index contributed by atoms with van der Waals surface area (Å²) in [5.41, 5.74) is 5.64. The standard InChI is InChI=1S/C9H11FN2O2/c10-8-3-4-9(12(13)14)7(6-8)2-1-5-11/h3-4,6H,1-2,5,11H2. The fraction of sp³-hybridized carbons (Fsp3) is 0.333. The van der Waals surface area contributed by atoms with E-state index in [1.165, 1.54) is 12.1 Å². The SMILES string of the molecule is NCCCc1cc(F)ccc1[N+](=O)[O-]. The predicted octanol–water partition coefficient (Wildman–Crippen LogP) is 1.63. The molecule has 2 N–H and O–H groups in total. The Morgan fingerprint density at radius 3 is 2.79 bits per heavy atom. The van der Waals surface area contributed by atoms with Crippen molar-refractivity contribution in [2.75, 3.05) is 6.54 Å². The summed E-state index contributed by atoms with van der Waals surface area (Å²) in [5, 5.41) is 10.5. The van der Waals surface area contributed by atoms with Gasteiger partial charge in [-0.3, -0.25) is 10.1 Å². The number of halogens is 1. The van der Waals surface area contributed by atoms with Crippen LogP contribution in [0, 0.1) is 15.9 Å². The lowest BCUT2D eigenvalue weighted by Gasteiger charge is -2.01. The van der Waals surface area contributed by atoms with Gasteiger partial charge in [-0.05, 0) is 31.5 Å². The van der Waals surface area contributed by atoms with E-state index in [-0.39, 0.29) is 5.69 Å². The van der Waals surface area contributed by atoms with E-state index in [0.29, 0.717) is 24.9 Å². The monoisotopic (exact) mass is 198 g/mol. The molecule has 0 aliphatic heterocycles. The van der Waals surface area contributed by atoms with E-state index in [1.54, 1.807) is 0 Å². The highest BCUT2D eigenvalue weighted by molar-refractivity contribution is 5.40. The Labute approximate surface area is 80.7 Å². The van der Waals surface area contributed by atoms with Crippen LogP contribution in [0.4, 0.5) is 10.1 Å². The molecule has 1 aromatic rings. The highest BCUT2D eigenvalue weighted by Gasteiger charge is 2.13. The second-order valence-corrected chi connectivity index (χ2v) is 2.92. The minimum absolute atomic E-state index is 0.0418. The molecule has 14 heavy (non-hydrogen) atoms. The van der Waals surface area contributed by atoms with Crippen LogP contribution < -0.4 is 5.73 Å². The minimum atomic E-state index is -0.509. The van der Waals surface area contributed by atoms with E-state index in [2.05, 4.69) is 0 Å². The largest absolute Gasteiger partial charge is 0.330 e. The number of hydrogen-bond donors (Lipinski definition) is 1. The maximum absolute atomic E-state index is 12.8. The molecule has 0 radical (unpaired) electrons. The summed E-state index contributed by atoms with van der Waals surface area (Å²) >= 11 is 0. The molecule has 0 fully saturated rings. The van der Waals surface area contributed by atoms with Gasteiger partial charge in [0.05, 0.1) is 4.92 Å². The average molecular weight is 198 g/mol. The molecule has 0 spiro atoms. The molecule has 0 bridgehead atoms. The van der Waals surface area contributed by atoms with Crippen molar-refractivity contribution in [2.45, 2.75) is 12.8 Å². The first kappa shape index (κ1) is 10.6. The first-order chi connectivity index (χ1) is 6.65. The maximum Gasteiger partial charge on any atom is 0.272 e. The van der Waals surface area contributed by atoms with Crippen LogP contribution in [0.5, 0.6) is 0 Å². The normalized spacial score (nSPS) is 10.1. The van der Waals surface area contributed by atoms with Gasteiger partial charge in [-0.25, -0.2) is 4.39 Å². The lowest BCUT2D eigenvalue weighted by atomic mass is 10.1.